The maximum atomic E-state index is 2.54. The van der Waals surface area contributed by atoms with Gasteiger partial charge in [0.05, 0.1) is 0 Å². The standard InChI is InChI=1S/C12H23N/c1-11(2,3)12-7-5-6-10(12)8-13(4)9-12/h10H,5-9H2,1-4H3. The third-order valence-electron chi connectivity index (χ3n) is 4.53. The second kappa shape index (κ2) is 2.73. The second-order valence-electron chi connectivity index (χ2n) is 6.19. The van der Waals surface area contributed by atoms with Crippen molar-refractivity contribution in [2.75, 3.05) is 20.1 Å². The van der Waals surface area contributed by atoms with E-state index < -0.39 is 0 Å². The van der Waals surface area contributed by atoms with Crippen LogP contribution < -0.4 is 0 Å². The Hall–Kier alpha value is -0.0400. The lowest BCUT2D eigenvalue weighted by Gasteiger charge is -2.42. The summed E-state index contributed by atoms with van der Waals surface area (Å²) >= 11 is 0. The van der Waals surface area contributed by atoms with E-state index in [1.54, 1.807) is 0 Å². The smallest absolute Gasteiger partial charge is 0.00432 e. The Labute approximate surface area is 82.5 Å². The van der Waals surface area contributed by atoms with Crippen LogP contribution in [0.2, 0.25) is 0 Å². The van der Waals surface area contributed by atoms with Crippen LogP contribution in [-0.4, -0.2) is 25.0 Å². The van der Waals surface area contributed by atoms with Crippen LogP contribution in [0.3, 0.4) is 0 Å². The largest absolute Gasteiger partial charge is 0.305 e. The van der Waals surface area contributed by atoms with Gasteiger partial charge in [0.25, 0.3) is 0 Å². The molecule has 0 amide bonds. The van der Waals surface area contributed by atoms with Gasteiger partial charge in [0.1, 0.15) is 0 Å². The summed E-state index contributed by atoms with van der Waals surface area (Å²) in [4.78, 5) is 2.54. The SMILES string of the molecule is CN1CC2CCCC2(C(C)(C)C)C1. The number of rotatable bonds is 0. The minimum Gasteiger partial charge on any atom is -0.305 e. The van der Waals surface area contributed by atoms with Gasteiger partial charge >= 0.3 is 0 Å². The van der Waals surface area contributed by atoms with Crippen LogP contribution in [0.15, 0.2) is 0 Å². The Morgan fingerprint density at radius 1 is 1.31 bits per heavy atom. The molecule has 0 aromatic rings. The van der Waals surface area contributed by atoms with Crippen molar-refractivity contribution in [1.82, 2.24) is 4.90 Å². The van der Waals surface area contributed by atoms with Crippen molar-refractivity contribution in [3.63, 3.8) is 0 Å². The van der Waals surface area contributed by atoms with Gasteiger partial charge < -0.3 is 4.90 Å². The molecule has 0 spiro atoms. The minimum absolute atomic E-state index is 0.499. The normalized spacial score (nSPS) is 41.1. The predicted octanol–water partition coefficient (Wildman–Crippen LogP) is 2.76. The van der Waals surface area contributed by atoms with Crippen molar-refractivity contribution in [2.24, 2.45) is 16.7 Å². The number of hydrogen-bond acceptors (Lipinski definition) is 1. The zero-order chi connectivity index (χ0) is 9.69. The molecule has 2 unspecified atom stereocenters. The minimum atomic E-state index is 0.499. The highest BCUT2D eigenvalue weighted by Gasteiger charge is 2.54. The van der Waals surface area contributed by atoms with E-state index in [0.29, 0.717) is 10.8 Å². The van der Waals surface area contributed by atoms with Crippen molar-refractivity contribution >= 4 is 0 Å². The molecule has 0 radical (unpaired) electrons. The van der Waals surface area contributed by atoms with Crippen molar-refractivity contribution in [1.29, 1.82) is 0 Å². The molecule has 76 valence electrons. The van der Waals surface area contributed by atoms with Gasteiger partial charge in [0.2, 0.25) is 0 Å². The fourth-order valence-electron chi connectivity index (χ4n) is 3.77. The first-order chi connectivity index (χ1) is 5.96. The van der Waals surface area contributed by atoms with E-state index in [4.69, 9.17) is 0 Å². The summed E-state index contributed by atoms with van der Waals surface area (Å²) < 4.78 is 0. The van der Waals surface area contributed by atoms with Crippen LogP contribution in [0.4, 0.5) is 0 Å². The molecular weight excluding hydrogens is 158 g/mol. The molecule has 2 aliphatic rings. The van der Waals surface area contributed by atoms with Crippen molar-refractivity contribution in [3.05, 3.63) is 0 Å². The monoisotopic (exact) mass is 181 g/mol. The molecule has 0 bridgehead atoms. The van der Waals surface area contributed by atoms with Crippen molar-refractivity contribution in [3.8, 4) is 0 Å². The number of hydrogen-bond donors (Lipinski definition) is 0. The van der Waals surface area contributed by atoms with Crippen molar-refractivity contribution < 1.29 is 0 Å². The molecule has 0 aromatic carbocycles. The average Bonchev–Trinajstić information content (AvgIpc) is 2.40. The maximum Gasteiger partial charge on any atom is 0.00432 e. The fraction of sp³-hybridized carbons (Fsp3) is 1.00. The van der Waals surface area contributed by atoms with E-state index in [0.717, 1.165) is 5.92 Å². The predicted molar refractivity (Wildman–Crippen MR) is 56.7 cm³/mol. The van der Waals surface area contributed by atoms with Crippen LogP contribution in [0, 0.1) is 16.7 Å². The lowest BCUT2D eigenvalue weighted by Crippen LogP contribution is -2.39. The maximum absolute atomic E-state index is 2.54. The topological polar surface area (TPSA) is 3.24 Å². The van der Waals surface area contributed by atoms with Crippen molar-refractivity contribution in [2.45, 2.75) is 40.0 Å². The second-order valence-corrected chi connectivity index (χ2v) is 6.19. The van der Waals surface area contributed by atoms with Crippen LogP contribution in [0.5, 0.6) is 0 Å². The number of likely N-dealkylation sites (tertiary alicyclic amines) is 1. The van der Waals surface area contributed by atoms with E-state index in [1.807, 2.05) is 0 Å². The Kier molecular flexibility index (Phi) is 1.99. The van der Waals surface area contributed by atoms with Crippen LogP contribution in [-0.2, 0) is 0 Å². The summed E-state index contributed by atoms with van der Waals surface area (Å²) in [6, 6.07) is 0. The van der Waals surface area contributed by atoms with E-state index in [2.05, 4.69) is 32.7 Å². The Bertz CT molecular complexity index is 204. The molecule has 1 heteroatoms. The summed E-state index contributed by atoms with van der Waals surface area (Å²) in [5.74, 6) is 0.984. The highest BCUT2D eigenvalue weighted by molar-refractivity contribution is 5.05. The Morgan fingerprint density at radius 3 is 2.54 bits per heavy atom. The van der Waals surface area contributed by atoms with Crippen LogP contribution in [0.25, 0.3) is 0 Å². The van der Waals surface area contributed by atoms with Gasteiger partial charge in [-0.3, -0.25) is 0 Å². The summed E-state index contributed by atoms with van der Waals surface area (Å²) in [7, 11) is 2.28. The lowest BCUT2D eigenvalue weighted by molar-refractivity contribution is 0.0739. The van der Waals surface area contributed by atoms with Gasteiger partial charge in [-0.05, 0) is 36.6 Å². The van der Waals surface area contributed by atoms with Gasteiger partial charge in [-0.2, -0.15) is 0 Å². The molecule has 1 saturated carbocycles. The Balaban J connectivity index is 2.28. The molecular formula is C12H23N. The third-order valence-corrected chi connectivity index (χ3v) is 4.53. The molecule has 2 atom stereocenters. The van der Waals surface area contributed by atoms with Crippen LogP contribution in [0.1, 0.15) is 40.0 Å². The van der Waals surface area contributed by atoms with Gasteiger partial charge in [-0.25, -0.2) is 0 Å². The van der Waals surface area contributed by atoms with Crippen LogP contribution >= 0.6 is 0 Å². The van der Waals surface area contributed by atoms with E-state index in [1.165, 1.54) is 32.4 Å². The highest BCUT2D eigenvalue weighted by atomic mass is 15.1. The summed E-state index contributed by atoms with van der Waals surface area (Å²) in [6.45, 7) is 9.98. The first-order valence-corrected chi connectivity index (χ1v) is 5.64. The third kappa shape index (κ3) is 1.24. The zero-order valence-electron chi connectivity index (χ0n) is 9.56. The molecule has 1 aliphatic carbocycles. The molecule has 2 rings (SSSR count). The lowest BCUT2D eigenvalue weighted by atomic mass is 9.62. The number of fused-ring (bicyclic) bond motifs is 1. The molecule has 1 aliphatic heterocycles. The molecule has 1 saturated heterocycles. The summed E-state index contributed by atoms with van der Waals surface area (Å²) in [5, 5.41) is 0. The average molecular weight is 181 g/mol. The first kappa shape index (κ1) is 9.51. The molecule has 1 nitrogen and oxygen atoms in total. The van der Waals surface area contributed by atoms with Gasteiger partial charge in [-0.15, -0.1) is 0 Å². The fourth-order valence-corrected chi connectivity index (χ4v) is 3.77. The summed E-state index contributed by atoms with van der Waals surface area (Å²) in [6.07, 6.45) is 4.41. The molecule has 0 N–H and O–H groups in total. The van der Waals surface area contributed by atoms with E-state index in [-0.39, 0.29) is 0 Å². The van der Waals surface area contributed by atoms with Gasteiger partial charge in [0, 0.05) is 13.1 Å². The zero-order valence-corrected chi connectivity index (χ0v) is 9.56. The molecule has 1 heterocycles. The Morgan fingerprint density at radius 2 is 2.00 bits per heavy atom. The highest BCUT2D eigenvalue weighted by Crippen LogP contribution is 2.57. The van der Waals surface area contributed by atoms with Gasteiger partial charge in [-0.1, -0.05) is 27.2 Å². The van der Waals surface area contributed by atoms with Gasteiger partial charge in [0.15, 0.2) is 0 Å². The summed E-state index contributed by atoms with van der Waals surface area (Å²) in [5.41, 5.74) is 1.14. The molecule has 13 heavy (non-hydrogen) atoms. The number of nitrogens with zero attached hydrogens (tertiary/aromatic N) is 1. The first-order valence-electron chi connectivity index (χ1n) is 5.64. The molecule has 0 aromatic heterocycles. The van der Waals surface area contributed by atoms with E-state index in [9.17, 15) is 0 Å². The van der Waals surface area contributed by atoms with E-state index >= 15 is 0 Å². The molecule has 2 fully saturated rings. The quantitative estimate of drug-likeness (QED) is 0.555.